The molecule has 0 spiro atoms. The summed E-state index contributed by atoms with van der Waals surface area (Å²) in [6.45, 7) is 9.18. The van der Waals surface area contributed by atoms with Crippen molar-refractivity contribution in [2.45, 2.75) is 46.1 Å². The Morgan fingerprint density at radius 3 is 2.37 bits per heavy atom. The molecule has 0 radical (unpaired) electrons. The van der Waals surface area contributed by atoms with Gasteiger partial charge in [0, 0.05) is 4.88 Å². The normalized spacial score (nSPS) is 11.5. The number of ether oxygens (including phenoxy) is 1. The summed E-state index contributed by atoms with van der Waals surface area (Å²) in [7, 11) is 0. The molecule has 5 nitrogen and oxygen atoms in total. The Hall–Kier alpha value is -1.56. The average molecular weight is 285 g/mol. The van der Waals surface area contributed by atoms with Crippen LogP contribution < -0.4 is 5.32 Å². The van der Waals surface area contributed by atoms with Crippen molar-refractivity contribution in [1.82, 2.24) is 0 Å². The number of carboxylic acids is 1. The Bertz CT molecular complexity index is 485. The van der Waals surface area contributed by atoms with Gasteiger partial charge in [0.15, 0.2) is 0 Å². The smallest absolute Gasteiger partial charge is 0.412 e. The van der Waals surface area contributed by atoms with Gasteiger partial charge in [-0.2, -0.15) is 0 Å². The summed E-state index contributed by atoms with van der Waals surface area (Å²) < 4.78 is 5.11. The minimum atomic E-state index is -1.06. The molecule has 2 N–H and O–H groups in total. The Kier molecular flexibility index (Phi) is 4.57. The van der Waals surface area contributed by atoms with E-state index in [4.69, 9.17) is 9.84 Å². The highest BCUT2D eigenvalue weighted by molar-refractivity contribution is 7.16. The molecule has 1 heterocycles. The quantitative estimate of drug-likeness (QED) is 0.882. The summed E-state index contributed by atoms with van der Waals surface area (Å²) in [6.07, 6.45) is -0.646. The fraction of sp³-hybridized carbons (Fsp3) is 0.538. The number of rotatable bonds is 3. The molecule has 1 aromatic heterocycles. The van der Waals surface area contributed by atoms with Crippen LogP contribution in [0.2, 0.25) is 0 Å². The number of carbonyl (C=O) groups excluding carboxylic acids is 1. The predicted molar refractivity (Wildman–Crippen MR) is 75.2 cm³/mol. The van der Waals surface area contributed by atoms with Crippen LogP contribution in [-0.2, 0) is 4.74 Å². The first-order valence-electron chi connectivity index (χ1n) is 5.97. The van der Waals surface area contributed by atoms with Crippen LogP contribution in [0.25, 0.3) is 0 Å². The molecule has 0 aliphatic carbocycles. The summed E-state index contributed by atoms with van der Waals surface area (Å²) in [5.74, 6) is -0.855. The van der Waals surface area contributed by atoms with Gasteiger partial charge in [0.05, 0.1) is 5.56 Å². The van der Waals surface area contributed by atoms with Crippen LogP contribution in [-0.4, -0.2) is 22.8 Å². The lowest BCUT2D eigenvalue weighted by atomic mass is 10.1. The van der Waals surface area contributed by atoms with Gasteiger partial charge < -0.3 is 9.84 Å². The van der Waals surface area contributed by atoms with Crippen molar-refractivity contribution < 1.29 is 19.4 Å². The summed E-state index contributed by atoms with van der Waals surface area (Å²) in [5, 5.41) is 11.9. The second-order valence-electron chi connectivity index (χ2n) is 5.48. The monoisotopic (exact) mass is 285 g/mol. The molecular formula is C13H19NO4S. The molecule has 1 aromatic rings. The van der Waals surface area contributed by atoms with E-state index in [0.29, 0.717) is 5.00 Å². The van der Waals surface area contributed by atoms with Gasteiger partial charge in [-0.3, -0.25) is 5.32 Å². The van der Waals surface area contributed by atoms with E-state index in [-0.39, 0.29) is 11.5 Å². The predicted octanol–water partition coefficient (Wildman–Crippen LogP) is 3.92. The van der Waals surface area contributed by atoms with Crippen LogP contribution >= 0.6 is 11.3 Å². The molecule has 1 amide bonds. The molecule has 0 saturated heterocycles. The van der Waals surface area contributed by atoms with Crippen LogP contribution in [0.5, 0.6) is 0 Å². The first-order valence-corrected chi connectivity index (χ1v) is 6.79. The molecular weight excluding hydrogens is 266 g/mol. The standard InChI is InChI=1S/C13H19NO4S/c1-7(2)9-6-8(11(15)16)10(19-9)14-12(17)18-13(3,4)5/h6-7H,1-5H3,(H,14,17)(H,15,16). The number of amides is 1. The number of carboxylic acid groups (broad SMARTS) is 1. The number of anilines is 1. The van der Waals surface area contributed by atoms with Crippen molar-refractivity contribution in [3.05, 3.63) is 16.5 Å². The van der Waals surface area contributed by atoms with Crippen molar-refractivity contribution in [2.24, 2.45) is 0 Å². The molecule has 0 fully saturated rings. The van der Waals surface area contributed by atoms with Crippen LogP contribution in [0.1, 0.15) is 55.8 Å². The van der Waals surface area contributed by atoms with Crippen molar-refractivity contribution in [3.63, 3.8) is 0 Å². The third-order valence-electron chi connectivity index (χ3n) is 2.17. The molecule has 0 bridgehead atoms. The molecule has 0 aromatic carbocycles. The van der Waals surface area contributed by atoms with Crippen LogP contribution in [0.15, 0.2) is 6.07 Å². The maximum Gasteiger partial charge on any atom is 0.412 e. The number of hydrogen-bond donors (Lipinski definition) is 2. The zero-order valence-corrected chi connectivity index (χ0v) is 12.6. The van der Waals surface area contributed by atoms with Crippen LogP contribution in [0, 0.1) is 0 Å². The highest BCUT2D eigenvalue weighted by atomic mass is 32.1. The zero-order valence-electron chi connectivity index (χ0n) is 11.7. The first kappa shape index (κ1) is 15.5. The Morgan fingerprint density at radius 1 is 1.37 bits per heavy atom. The minimum Gasteiger partial charge on any atom is -0.478 e. The van der Waals surface area contributed by atoms with E-state index in [1.54, 1.807) is 26.8 Å². The zero-order chi connectivity index (χ0) is 14.8. The molecule has 0 unspecified atom stereocenters. The van der Waals surface area contributed by atoms with Gasteiger partial charge in [0.25, 0.3) is 0 Å². The van der Waals surface area contributed by atoms with Gasteiger partial charge >= 0.3 is 12.1 Å². The lowest BCUT2D eigenvalue weighted by molar-refractivity contribution is 0.0636. The topological polar surface area (TPSA) is 75.6 Å². The Morgan fingerprint density at radius 2 is 1.95 bits per heavy atom. The van der Waals surface area contributed by atoms with Crippen molar-refractivity contribution in [2.75, 3.05) is 5.32 Å². The summed E-state index contributed by atoms with van der Waals surface area (Å²) >= 11 is 1.26. The third-order valence-corrected chi connectivity index (χ3v) is 3.52. The second kappa shape index (κ2) is 5.61. The number of carbonyl (C=O) groups is 2. The fourth-order valence-corrected chi connectivity index (χ4v) is 2.38. The third kappa shape index (κ3) is 4.55. The fourth-order valence-electron chi connectivity index (χ4n) is 1.34. The largest absolute Gasteiger partial charge is 0.478 e. The van der Waals surface area contributed by atoms with Gasteiger partial charge in [-0.1, -0.05) is 13.8 Å². The average Bonchev–Trinajstić information content (AvgIpc) is 2.58. The maximum atomic E-state index is 11.7. The van der Waals surface area contributed by atoms with Crippen LogP contribution in [0.4, 0.5) is 9.80 Å². The Balaban J connectivity index is 2.93. The molecule has 0 saturated carbocycles. The molecule has 0 aliphatic rings. The van der Waals surface area contributed by atoms with Gasteiger partial charge in [0.2, 0.25) is 0 Å². The number of aromatic carboxylic acids is 1. The van der Waals surface area contributed by atoms with E-state index in [0.717, 1.165) is 4.88 Å². The molecule has 0 atom stereocenters. The van der Waals surface area contributed by atoms with Crippen molar-refractivity contribution in [3.8, 4) is 0 Å². The second-order valence-corrected chi connectivity index (χ2v) is 6.56. The highest BCUT2D eigenvalue weighted by Crippen LogP contribution is 2.33. The van der Waals surface area contributed by atoms with Gasteiger partial charge in [-0.05, 0) is 32.8 Å². The number of hydrogen-bond acceptors (Lipinski definition) is 4. The van der Waals surface area contributed by atoms with Gasteiger partial charge in [-0.15, -0.1) is 11.3 Å². The van der Waals surface area contributed by atoms with Crippen molar-refractivity contribution >= 4 is 28.4 Å². The molecule has 19 heavy (non-hydrogen) atoms. The Labute approximate surface area is 116 Å². The lowest BCUT2D eigenvalue weighted by Crippen LogP contribution is -2.27. The number of thiophene rings is 1. The molecule has 0 aliphatic heterocycles. The van der Waals surface area contributed by atoms with E-state index >= 15 is 0 Å². The first-order chi connectivity index (χ1) is 8.60. The summed E-state index contributed by atoms with van der Waals surface area (Å²) in [4.78, 5) is 23.7. The van der Waals surface area contributed by atoms with E-state index < -0.39 is 17.7 Å². The van der Waals surface area contributed by atoms with E-state index in [2.05, 4.69) is 5.32 Å². The minimum absolute atomic E-state index is 0.0968. The van der Waals surface area contributed by atoms with Crippen LogP contribution in [0.3, 0.4) is 0 Å². The lowest BCUT2D eigenvalue weighted by Gasteiger charge is -2.19. The van der Waals surface area contributed by atoms with Crippen molar-refractivity contribution in [1.29, 1.82) is 0 Å². The SMILES string of the molecule is CC(C)c1cc(C(=O)O)c(NC(=O)OC(C)(C)C)s1. The van der Waals surface area contributed by atoms with Gasteiger partial charge in [-0.25, -0.2) is 9.59 Å². The van der Waals surface area contributed by atoms with Gasteiger partial charge in [0.1, 0.15) is 10.6 Å². The highest BCUT2D eigenvalue weighted by Gasteiger charge is 2.21. The molecule has 106 valence electrons. The van der Waals surface area contributed by atoms with E-state index in [1.807, 2.05) is 13.8 Å². The molecule has 6 heteroatoms. The summed E-state index contributed by atoms with van der Waals surface area (Å²) in [6, 6.07) is 1.59. The van der Waals surface area contributed by atoms with E-state index in [9.17, 15) is 9.59 Å². The maximum absolute atomic E-state index is 11.7. The van der Waals surface area contributed by atoms with E-state index in [1.165, 1.54) is 11.3 Å². The molecule has 1 rings (SSSR count). The number of nitrogens with one attached hydrogen (secondary N) is 1. The summed E-state index contributed by atoms with van der Waals surface area (Å²) in [5.41, 5.74) is -0.523.